The fourth-order valence-electron chi connectivity index (χ4n) is 2.37. The molecule has 0 spiro atoms. The SMILES string of the molecule is CCOc1ccc(C(N)c2n[nH]c(Cn3cccn3)n2)cc1OC. The van der Waals surface area contributed by atoms with E-state index in [1.807, 2.05) is 37.4 Å². The van der Waals surface area contributed by atoms with Crippen LogP contribution < -0.4 is 15.2 Å². The van der Waals surface area contributed by atoms with Crippen molar-refractivity contribution in [3.8, 4) is 11.5 Å². The Morgan fingerprint density at radius 2 is 2.21 bits per heavy atom. The van der Waals surface area contributed by atoms with E-state index in [1.54, 1.807) is 18.0 Å². The van der Waals surface area contributed by atoms with Gasteiger partial charge in [-0.05, 0) is 30.7 Å². The predicted molar refractivity (Wildman–Crippen MR) is 87.9 cm³/mol. The van der Waals surface area contributed by atoms with E-state index in [1.165, 1.54) is 0 Å². The molecule has 8 nitrogen and oxygen atoms in total. The summed E-state index contributed by atoms with van der Waals surface area (Å²) in [7, 11) is 1.60. The third-order valence-electron chi connectivity index (χ3n) is 3.54. The molecule has 0 aliphatic carbocycles. The van der Waals surface area contributed by atoms with Gasteiger partial charge in [-0.25, -0.2) is 4.98 Å². The first kappa shape index (κ1) is 16.0. The number of nitrogens with one attached hydrogen (secondary N) is 1. The number of aromatic nitrogens is 5. The number of H-pyrrole nitrogens is 1. The van der Waals surface area contributed by atoms with Crippen molar-refractivity contribution in [2.75, 3.05) is 13.7 Å². The molecule has 0 aliphatic rings. The maximum atomic E-state index is 6.29. The summed E-state index contributed by atoms with van der Waals surface area (Å²) in [5.74, 6) is 2.54. The molecule has 126 valence electrons. The Balaban J connectivity index is 1.78. The fraction of sp³-hybridized carbons (Fsp3) is 0.312. The van der Waals surface area contributed by atoms with Crippen LogP contribution in [-0.2, 0) is 6.54 Å². The van der Waals surface area contributed by atoms with E-state index in [2.05, 4.69) is 20.3 Å². The molecule has 0 saturated carbocycles. The van der Waals surface area contributed by atoms with Crippen LogP contribution >= 0.6 is 0 Å². The Morgan fingerprint density at radius 3 is 2.92 bits per heavy atom. The van der Waals surface area contributed by atoms with Crippen molar-refractivity contribution >= 4 is 0 Å². The number of hydrogen-bond donors (Lipinski definition) is 2. The number of ether oxygens (including phenoxy) is 2. The maximum Gasteiger partial charge on any atom is 0.171 e. The largest absolute Gasteiger partial charge is 0.493 e. The first-order valence-corrected chi connectivity index (χ1v) is 7.66. The first-order chi connectivity index (χ1) is 11.7. The van der Waals surface area contributed by atoms with Gasteiger partial charge in [0.25, 0.3) is 0 Å². The number of rotatable bonds is 7. The molecular weight excluding hydrogens is 308 g/mol. The maximum absolute atomic E-state index is 6.29. The van der Waals surface area contributed by atoms with Crippen molar-refractivity contribution in [2.45, 2.75) is 19.5 Å². The van der Waals surface area contributed by atoms with Crippen LogP contribution in [-0.4, -0.2) is 38.7 Å². The zero-order valence-electron chi connectivity index (χ0n) is 13.6. The number of nitrogens with two attached hydrogens (primary N) is 1. The summed E-state index contributed by atoms with van der Waals surface area (Å²) in [5, 5.41) is 11.3. The molecule has 3 rings (SSSR count). The fourth-order valence-corrected chi connectivity index (χ4v) is 2.37. The Kier molecular flexibility index (Phi) is 4.76. The lowest BCUT2D eigenvalue weighted by molar-refractivity contribution is 0.310. The summed E-state index contributed by atoms with van der Waals surface area (Å²) in [6.45, 7) is 3.01. The van der Waals surface area contributed by atoms with Gasteiger partial charge in [0, 0.05) is 12.4 Å². The van der Waals surface area contributed by atoms with E-state index in [4.69, 9.17) is 15.2 Å². The van der Waals surface area contributed by atoms with Gasteiger partial charge in [0.05, 0.1) is 19.8 Å². The van der Waals surface area contributed by atoms with E-state index in [9.17, 15) is 0 Å². The average molecular weight is 328 g/mol. The first-order valence-electron chi connectivity index (χ1n) is 7.66. The quantitative estimate of drug-likeness (QED) is 0.681. The molecule has 1 atom stereocenters. The second kappa shape index (κ2) is 7.14. The third-order valence-corrected chi connectivity index (χ3v) is 3.54. The number of hydrogen-bond acceptors (Lipinski definition) is 6. The van der Waals surface area contributed by atoms with Crippen LogP contribution in [0.4, 0.5) is 0 Å². The second-order valence-corrected chi connectivity index (χ2v) is 5.16. The van der Waals surface area contributed by atoms with Crippen molar-refractivity contribution in [1.82, 2.24) is 25.0 Å². The van der Waals surface area contributed by atoms with Crippen LogP contribution in [0.1, 0.15) is 30.2 Å². The molecule has 0 radical (unpaired) electrons. The van der Waals surface area contributed by atoms with Crippen molar-refractivity contribution in [3.05, 3.63) is 53.9 Å². The third kappa shape index (κ3) is 3.38. The van der Waals surface area contributed by atoms with Gasteiger partial charge in [-0.2, -0.15) is 10.2 Å². The molecule has 24 heavy (non-hydrogen) atoms. The molecule has 2 aromatic heterocycles. The van der Waals surface area contributed by atoms with Crippen LogP contribution in [0.3, 0.4) is 0 Å². The molecule has 0 saturated heterocycles. The zero-order valence-corrected chi connectivity index (χ0v) is 13.6. The van der Waals surface area contributed by atoms with Crippen molar-refractivity contribution < 1.29 is 9.47 Å². The normalized spacial score (nSPS) is 12.1. The highest BCUT2D eigenvalue weighted by atomic mass is 16.5. The smallest absolute Gasteiger partial charge is 0.171 e. The highest BCUT2D eigenvalue weighted by Gasteiger charge is 2.17. The molecule has 0 fully saturated rings. The van der Waals surface area contributed by atoms with E-state index < -0.39 is 6.04 Å². The van der Waals surface area contributed by atoms with Crippen molar-refractivity contribution in [1.29, 1.82) is 0 Å². The highest BCUT2D eigenvalue weighted by molar-refractivity contribution is 5.44. The van der Waals surface area contributed by atoms with Crippen molar-refractivity contribution in [2.24, 2.45) is 5.73 Å². The number of methoxy groups -OCH3 is 1. The van der Waals surface area contributed by atoms with Gasteiger partial charge in [-0.15, -0.1) is 0 Å². The molecule has 0 bridgehead atoms. The molecule has 0 aliphatic heterocycles. The average Bonchev–Trinajstić information content (AvgIpc) is 3.27. The lowest BCUT2D eigenvalue weighted by atomic mass is 10.1. The van der Waals surface area contributed by atoms with Gasteiger partial charge in [-0.1, -0.05) is 6.07 Å². The molecule has 3 N–H and O–H groups in total. The summed E-state index contributed by atoms with van der Waals surface area (Å²) in [5.41, 5.74) is 7.13. The standard InChI is InChI=1S/C16H20N6O2/c1-3-24-12-6-5-11(9-13(12)23-2)15(17)16-19-14(20-21-16)10-22-8-4-7-18-22/h4-9,15H,3,10,17H2,1-2H3,(H,19,20,21). The summed E-state index contributed by atoms with van der Waals surface area (Å²) in [6, 6.07) is 6.97. The van der Waals surface area contributed by atoms with Gasteiger partial charge >= 0.3 is 0 Å². The Morgan fingerprint density at radius 1 is 1.33 bits per heavy atom. The molecule has 1 aromatic carbocycles. The van der Waals surface area contributed by atoms with E-state index in [-0.39, 0.29) is 0 Å². The highest BCUT2D eigenvalue weighted by Crippen LogP contribution is 2.30. The number of aromatic amines is 1. The van der Waals surface area contributed by atoms with Crippen LogP contribution in [0.2, 0.25) is 0 Å². The van der Waals surface area contributed by atoms with E-state index in [0.717, 1.165) is 5.56 Å². The van der Waals surface area contributed by atoms with Crippen molar-refractivity contribution in [3.63, 3.8) is 0 Å². The molecule has 2 heterocycles. The molecule has 3 aromatic rings. The second-order valence-electron chi connectivity index (χ2n) is 5.16. The molecular formula is C16H20N6O2. The summed E-state index contributed by atoms with van der Waals surface area (Å²) in [6.07, 6.45) is 3.58. The number of benzene rings is 1. The Bertz CT molecular complexity index is 784. The van der Waals surface area contributed by atoms with Gasteiger partial charge in [-0.3, -0.25) is 9.78 Å². The predicted octanol–water partition coefficient (Wildman–Crippen LogP) is 1.50. The minimum Gasteiger partial charge on any atom is -0.493 e. The summed E-state index contributed by atoms with van der Waals surface area (Å²) in [4.78, 5) is 4.45. The monoisotopic (exact) mass is 328 g/mol. The van der Waals surface area contributed by atoms with E-state index >= 15 is 0 Å². The molecule has 8 heteroatoms. The Hall–Kier alpha value is -2.87. The Labute approximate surface area is 139 Å². The van der Waals surface area contributed by atoms with Crippen LogP contribution in [0.15, 0.2) is 36.7 Å². The van der Waals surface area contributed by atoms with E-state index in [0.29, 0.717) is 36.3 Å². The number of nitrogens with zero attached hydrogens (tertiary/aromatic N) is 4. The van der Waals surface area contributed by atoms with Gasteiger partial charge in [0.2, 0.25) is 0 Å². The van der Waals surface area contributed by atoms with Gasteiger partial charge < -0.3 is 15.2 Å². The van der Waals surface area contributed by atoms with Crippen LogP contribution in [0.25, 0.3) is 0 Å². The lowest BCUT2D eigenvalue weighted by Crippen LogP contribution is -2.14. The topological polar surface area (TPSA) is 104 Å². The minimum atomic E-state index is -0.461. The minimum absolute atomic E-state index is 0.461. The van der Waals surface area contributed by atoms with Gasteiger partial charge in [0.15, 0.2) is 17.3 Å². The van der Waals surface area contributed by atoms with Crippen LogP contribution in [0, 0.1) is 0 Å². The summed E-state index contributed by atoms with van der Waals surface area (Å²) < 4.78 is 12.6. The zero-order chi connectivity index (χ0) is 16.9. The van der Waals surface area contributed by atoms with Crippen LogP contribution in [0.5, 0.6) is 11.5 Å². The summed E-state index contributed by atoms with van der Waals surface area (Å²) >= 11 is 0. The molecule has 0 amide bonds. The van der Waals surface area contributed by atoms with Gasteiger partial charge in [0.1, 0.15) is 12.4 Å². The lowest BCUT2D eigenvalue weighted by Gasteiger charge is -2.13. The molecule has 1 unspecified atom stereocenters.